The monoisotopic (exact) mass is 262 g/mol. The van der Waals surface area contributed by atoms with E-state index in [0.29, 0.717) is 12.1 Å². The lowest BCUT2D eigenvalue weighted by Crippen LogP contribution is -2.47. The van der Waals surface area contributed by atoms with Crippen LogP contribution in [0.2, 0.25) is 0 Å². The smallest absolute Gasteiger partial charge is 0.0589 e. The third kappa shape index (κ3) is 7.29. The molecule has 2 N–H and O–H groups in total. The standard InChI is InChI=1S/C13H30N2OS/c1-5-12(2)15(8-9-16-3)13(11-14)7-6-10-17-4/h12-13H,5-11,14H2,1-4H3. The fourth-order valence-electron chi connectivity index (χ4n) is 2.08. The van der Waals surface area contributed by atoms with Crippen molar-refractivity contribution in [2.45, 2.75) is 45.2 Å². The van der Waals surface area contributed by atoms with E-state index in [9.17, 15) is 0 Å². The second-order valence-electron chi connectivity index (χ2n) is 4.51. The summed E-state index contributed by atoms with van der Waals surface area (Å²) < 4.78 is 5.20. The maximum atomic E-state index is 5.93. The van der Waals surface area contributed by atoms with Gasteiger partial charge in [0.25, 0.3) is 0 Å². The first-order valence-corrected chi connectivity index (χ1v) is 8.04. The molecule has 0 bridgehead atoms. The molecular formula is C13H30N2OS. The number of ether oxygens (including phenoxy) is 1. The molecule has 0 aliphatic heterocycles. The second-order valence-corrected chi connectivity index (χ2v) is 5.50. The highest BCUT2D eigenvalue weighted by Gasteiger charge is 2.20. The third-order valence-corrected chi connectivity index (χ3v) is 4.03. The van der Waals surface area contributed by atoms with Crippen LogP contribution in [0.5, 0.6) is 0 Å². The molecule has 4 heteroatoms. The van der Waals surface area contributed by atoms with Crippen LogP contribution in [0.3, 0.4) is 0 Å². The van der Waals surface area contributed by atoms with E-state index in [1.54, 1.807) is 7.11 Å². The van der Waals surface area contributed by atoms with Crippen LogP contribution in [0, 0.1) is 0 Å². The number of rotatable bonds is 11. The van der Waals surface area contributed by atoms with Crippen molar-refractivity contribution in [3.63, 3.8) is 0 Å². The van der Waals surface area contributed by atoms with Gasteiger partial charge < -0.3 is 10.5 Å². The third-order valence-electron chi connectivity index (χ3n) is 3.34. The summed E-state index contributed by atoms with van der Waals surface area (Å²) in [5.74, 6) is 1.23. The predicted octanol–water partition coefficient (Wildman–Crippen LogP) is 2.20. The summed E-state index contributed by atoms with van der Waals surface area (Å²) in [6, 6.07) is 1.10. The lowest BCUT2D eigenvalue weighted by atomic mass is 10.1. The first-order chi connectivity index (χ1) is 8.21. The van der Waals surface area contributed by atoms with Crippen LogP contribution in [0.1, 0.15) is 33.1 Å². The van der Waals surface area contributed by atoms with Crippen molar-refractivity contribution in [1.82, 2.24) is 4.90 Å². The highest BCUT2D eigenvalue weighted by Crippen LogP contribution is 2.14. The molecule has 0 rings (SSSR count). The van der Waals surface area contributed by atoms with E-state index in [1.807, 2.05) is 11.8 Å². The molecule has 0 aliphatic carbocycles. The summed E-state index contributed by atoms with van der Waals surface area (Å²) >= 11 is 1.91. The zero-order valence-electron chi connectivity index (χ0n) is 11.9. The van der Waals surface area contributed by atoms with Gasteiger partial charge in [0.2, 0.25) is 0 Å². The molecule has 3 nitrogen and oxygen atoms in total. The van der Waals surface area contributed by atoms with Crippen molar-refractivity contribution in [2.75, 3.05) is 38.8 Å². The molecule has 0 aromatic heterocycles. The first-order valence-electron chi connectivity index (χ1n) is 6.64. The van der Waals surface area contributed by atoms with E-state index < -0.39 is 0 Å². The summed E-state index contributed by atoms with van der Waals surface area (Å²) in [4.78, 5) is 2.52. The van der Waals surface area contributed by atoms with Crippen molar-refractivity contribution in [2.24, 2.45) is 5.73 Å². The van der Waals surface area contributed by atoms with E-state index in [1.165, 1.54) is 25.0 Å². The number of nitrogens with zero attached hydrogens (tertiary/aromatic N) is 1. The van der Waals surface area contributed by atoms with Crippen LogP contribution >= 0.6 is 11.8 Å². The summed E-state index contributed by atoms with van der Waals surface area (Å²) in [6.07, 6.45) is 5.78. The van der Waals surface area contributed by atoms with Gasteiger partial charge in [0.05, 0.1) is 6.61 Å². The maximum Gasteiger partial charge on any atom is 0.0589 e. The van der Waals surface area contributed by atoms with Gasteiger partial charge in [-0.05, 0) is 38.2 Å². The maximum absolute atomic E-state index is 5.93. The van der Waals surface area contributed by atoms with Gasteiger partial charge in [0.1, 0.15) is 0 Å². The van der Waals surface area contributed by atoms with E-state index in [4.69, 9.17) is 10.5 Å². The van der Waals surface area contributed by atoms with E-state index in [-0.39, 0.29) is 0 Å². The highest BCUT2D eigenvalue weighted by molar-refractivity contribution is 7.98. The van der Waals surface area contributed by atoms with Gasteiger partial charge in [0, 0.05) is 32.3 Å². The van der Waals surface area contributed by atoms with Gasteiger partial charge >= 0.3 is 0 Å². The minimum Gasteiger partial charge on any atom is -0.383 e. The molecule has 0 radical (unpaired) electrons. The van der Waals surface area contributed by atoms with Gasteiger partial charge in [-0.2, -0.15) is 11.8 Å². The molecule has 0 fully saturated rings. The Bertz CT molecular complexity index is 169. The normalized spacial score (nSPS) is 15.2. The van der Waals surface area contributed by atoms with Crippen LogP contribution < -0.4 is 5.73 Å². The fourth-order valence-corrected chi connectivity index (χ4v) is 2.53. The molecule has 0 aromatic carbocycles. The topological polar surface area (TPSA) is 38.5 Å². The van der Waals surface area contributed by atoms with Gasteiger partial charge in [0.15, 0.2) is 0 Å². The molecule has 2 atom stereocenters. The largest absolute Gasteiger partial charge is 0.383 e. The highest BCUT2D eigenvalue weighted by atomic mass is 32.2. The summed E-state index contributed by atoms with van der Waals surface area (Å²) in [5.41, 5.74) is 5.93. The number of thioether (sulfide) groups is 1. The van der Waals surface area contributed by atoms with Crippen LogP contribution in [0.25, 0.3) is 0 Å². The Morgan fingerprint density at radius 2 is 2.12 bits per heavy atom. The zero-order valence-corrected chi connectivity index (χ0v) is 12.8. The lowest BCUT2D eigenvalue weighted by molar-refractivity contribution is 0.0867. The Kier molecular flexibility index (Phi) is 11.5. The van der Waals surface area contributed by atoms with Crippen LogP contribution in [0.15, 0.2) is 0 Å². The van der Waals surface area contributed by atoms with Gasteiger partial charge in [-0.3, -0.25) is 4.90 Å². The van der Waals surface area contributed by atoms with Crippen molar-refractivity contribution >= 4 is 11.8 Å². The van der Waals surface area contributed by atoms with Crippen LogP contribution in [0.4, 0.5) is 0 Å². The number of methoxy groups -OCH3 is 1. The Hall–Kier alpha value is 0.230. The Morgan fingerprint density at radius 3 is 2.59 bits per heavy atom. The van der Waals surface area contributed by atoms with Crippen molar-refractivity contribution in [3.8, 4) is 0 Å². The van der Waals surface area contributed by atoms with E-state index in [0.717, 1.165) is 19.7 Å². The van der Waals surface area contributed by atoms with Crippen molar-refractivity contribution in [3.05, 3.63) is 0 Å². The minimum absolute atomic E-state index is 0.507. The molecule has 0 aliphatic rings. The van der Waals surface area contributed by atoms with Crippen LogP contribution in [-0.2, 0) is 4.74 Å². The second kappa shape index (κ2) is 11.3. The van der Waals surface area contributed by atoms with E-state index >= 15 is 0 Å². The molecule has 0 amide bonds. The Labute approximate surface area is 111 Å². The van der Waals surface area contributed by atoms with Crippen molar-refractivity contribution < 1.29 is 4.74 Å². The summed E-state index contributed by atoms with van der Waals surface area (Å²) in [6.45, 7) is 7.06. The molecule has 0 aromatic rings. The van der Waals surface area contributed by atoms with Gasteiger partial charge in [-0.25, -0.2) is 0 Å². The zero-order chi connectivity index (χ0) is 13.1. The molecule has 17 heavy (non-hydrogen) atoms. The van der Waals surface area contributed by atoms with Crippen LogP contribution in [-0.4, -0.2) is 55.8 Å². The van der Waals surface area contributed by atoms with E-state index in [2.05, 4.69) is 25.0 Å². The number of hydrogen-bond acceptors (Lipinski definition) is 4. The Balaban J connectivity index is 4.26. The number of nitrogens with two attached hydrogens (primary N) is 1. The molecular weight excluding hydrogens is 232 g/mol. The molecule has 104 valence electrons. The summed E-state index contributed by atoms with van der Waals surface area (Å²) in [5, 5.41) is 0. The average Bonchev–Trinajstić information content (AvgIpc) is 2.36. The predicted molar refractivity (Wildman–Crippen MR) is 78.8 cm³/mol. The van der Waals surface area contributed by atoms with Gasteiger partial charge in [-0.15, -0.1) is 0 Å². The SMILES string of the molecule is CCC(C)N(CCOC)C(CN)CCCSC. The molecule has 0 saturated carbocycles. The van der Waals surface area contributed by atoms with Gasteiger partial charge in [-0.1, -0.05) is 6.92 Å². The molecule has 0 saturated heterocycles. The minimum atomic E-state index is 0.507. The quantitative estimate of drug-likeness (QED) is 0.579. The molecule has 2 unspecified atom stereocenters. The first kappa shape index (κ1) is 17.2. The average molecular weight is 262 g/mol. The molecule has 0 heterocycles. The van der Waals surface area contributed by atoms with Crippen molar-refractivity contribution in [1.29, 1.82) is 0 Å². The Morgan fingerprint density at radius 1 is 1.41 bits per heavy atom. The lowest BCUT2D eigenvalue weighted by Gasteiger charge is -2.35. The fraction of sp³-hybridized carbons (Fsp3) is 1.00. The summed E-state index contributed by atoms with van der Waals surface area (Å²) in [7, 11) is 1.76. The number of hydrogen-bond donors (Lipinski definition) is 1. The molecule has 0 spiro atoms.